The third-order valence-corrected chi connectivity index (χ3v) is 3.51. The minimum Gasteiger partial charge on any atom is -0.384 e. The van der Waals surface area contributed by atoms with Crippen LogP contribution in [0.5, 0.6) is 0 Å². The molecule has 2 rings (SSSR count). The van der Waals surface area contributed by atoms with Gasteiger partial charge in [0.15, 0.2) is 0 Å². The van der Waals surface area contributed by atoms with Gasteiger partial charge in [-0.15, -0.1) is 0 Å². The molecule has 0 spiro atoms. The van der Waals surface area contributed by atoms with Gasteiger partial charge in [0, 0.05) is 37.7 Å². The summed E-state index contributed by atoms with van der Waals surface area (Å²) in [4.78, 5) is 2.46. The van der Waals surface area contributed by atoms with Gasteiger partial charge in [0.2, 0.25) is 0 Å². The first-order valence-electron chi connectivity index (χ1n) is 6.66. The van der Waals surface area contributed by atoms with E-state index in [9.17, 15) is 0 Å². The Balaban J connectivity index is 1.75. The van der Waals surface area contributed by atoms with Crippen LogP contribution >= 0.6 is 11.6 Å². The van der Waals surface area contributed by atoms with Crippen LogP contribution in [-0.4, -0.2) is 44.2 Å². The fourth-order valence-electron chi connectivity index (χ4n) is 2.22. The molecule has 1 fully saturated rings. The van der Waals surface area contributed by atoms with Crippen LogP contribution in [0.25, 0.3) is 0 Å². The molecule has 19 heavy (non-hydrogen) atoms. The van der Waals surface area contributed by atoms with Gasteiger partial charge in [-0.2, -0.15) is 5.26 Å². The molecular weight excluding hydrogens is 260 g/mol. The normalized spacial score (nSPS) is 16.0. The van der Waals surface area contributed by atoms with Crippen molar-refractivity contribution in [2.45, 2.75) is 6.42 Å². The molecule has 2 N–H and O–H groups in total. The first kappa shape index (κ1) is 14.1. The molecule has 1 aliphatic rings. The molecule has 1 saturated heterocycles. The van der Waals surface area contributed by atoms with Crippen molar-refractivity contribution >= 4 is 17.3 Å². The summed E-state index contributed by atoms with van der Waals surface area (Å²) in [6, 6.07) is 7.53. The highest BCUT2D eigenvalue weighted by atomic mass is 35.5. The topological polar surface area (TPSA) is 51.1 Å². The summed E-state index contributed by atoms with van der Waals surface area (Å²) >= 11 is 5.87. The van der Waals surface area contributed by atoms with E-state index in [-0.39, 0.29) is 0 Å². The Labute approximate surface area is 119 Å². The molecule has 4 nitrogen and oxygen atoms in total. The summed E-state index contributed by atoms with van der Waals surface area (Å²) in [7, 11) is 0. The Morgan fingerprint density at radius 2 is 2.16 bits per heavy atom. The van der Waals surface area contributed by atoms with Crippen LogP contribution in [0.4, 0.5) is 5.69 Å². The molecule has 1 aliphatic heterocycles. The Bertz CT molecular complexity index is 449. The van der Waals surface area contributed by atoms with Crippen molar-refractivity contribution in [3.63, 3.8) is 0 Å². The van der Waals surface area contributed by atoms with Gasteiger partial charge in [-0.1, -0.05) is 11.6 Å². The maximum atomic E-state index is 9.04. The molecule has 5 heteroatoms. The predicted octanol–water partition coefficient (Wildman–Crippen LogP) is 1.92. The SMILES string of the molecule is N#Cc1cc(Cl)ccc1NCCCN1CCNCC1. The molecule has 0 atom stereocenters. The maximum Gasteiger partial charge on any atom is 0.101 e. The third-order valence-electron chi connectivity index (χ3n) is 3.28. The quantitative estimate of drug-likeness (QED) is 0.808. The van der Waals surface area contributed by atoms with Gasteiger partial charge in [0.25, 0.3) is 0 Å². The highest BCUT2D eigenvalue weighted by molar-refractivity contribution is 6.30. The maximum absolute atomic E-state index is 9.04. The number of rotatable bonds is 5. The average molecular weight is 279 g/mol. The Hall–Kier alpha value is -1.28. The number of anilines is 1. The molecule has 0 radical (unpaired) electrons. The van der Waals surface area contributed by atoms with Crippen LogP contribution in [-0.2, 0) is 0 Å². The van der Waals surface area contributed by atoms with Crippen molar-refractivity contribution in [1.29, 1.82) is 5.26 Å². The summed E-state index contributed by atoms with van der Waals surface area (Å²) in [6.45, 7) is 6.41. The summed E-state index contributed by atoms with van der Waals surface area (Å²) in [5.41, 5.74) is 1.47. The van der Waals surface area contributed by atoms with Crippen LogP contribution in [0.3, 0.4) is 0 Å². The van der Waals surface area contributed by atoms with E-state index in [1.54, 1.807) is 12.1 Å². The lowest BCUT2D eigenvalue weighted by Gasteiger charge is -2.27. The van der Waals surface area contributed by atoms with E-state index >= 15 is 0 Å². The van der Waals surface area contributed by atoms with Crippen molar-refractivity contribution in [1.82, 2.24) is 10.2 Å². The smallest absolute Gasteiger partial charge is 0.101 e. The lowest BCUT2D eigenvalue weighted by Crippen LogP contribution is -2.44. The Kier molecular flexibility index (Phi) is 5.46. The van der Waals surface area contributed by atoms with Crippen LogP contribution < -0.4 is 10.6 Å². The Morgan fingerprint density at radius 3 is 2.89 bits per heavy atom. The largest absolute Gasteiger partial charge is 0.384 e. The van der Waals surface area contributed by atoms with E-state index < -0.39 is 0 Å². The minimum atomic E-state index is 0.600. The number of halogens is 1. The van der Waals surface area contributed by atoms with Gasteiger partial charge in [-0.3, -0.25) is 0 Å². The number of hydrogen-bond donors (Lipinski definition) is 2. The first-order valence-corrected chi connectivity index (χ1v) is 7.04. The predicted molar refractivity (Wildman–Crippen MR) is 78.6 cm³/mol. The second-order valence-electron chi connectivity index (χ2n) is 4.67. The number of nitrogens with zero attached hydrogens (tertiary/aromatic N) is 2. The van der Waals surface area contributed by atoms with Crippen molar-refractivity contribution < 1.29 is 0 Å². The second-order valence-corrected chi connectivity index (χ2v) is 5.11. The summed E-state index contributed by atoms with van der Waals surface area (Å²) in [6.07, 6.45) is 1.08. The molecule has 0 unspecified atom stereocenters. The van der Waals surface area contributed by atoms with Gasteiger partial charge in [0.05, 0.1) is 11.3 Å². The molecule has 102 valence electrons. The van der Waals surface area contributed by atoms with Gasteiger partial charge < -0.3 is 15.5 Å². The lowest BCUT2D eigenvalue weighted by molar-refractivity contribution is 0.240. The number of nitriles is 1. The van der Waals surface area contributed by atoms with Crippen LogP contribution in [0.15, 0.2) is 18.2 Å². The van der Waals surface area contributed by atoms with E-state index in [0.29, 0.717) is 10.6 Å². The van der Waals surface area contributed by atoms with Crippen LogP contribution in [0, 0.1) is 11.3 Å². The van der Waals surface area contributed by atoms with Crippen LogP contribution in [0.1, 0.15) is 12.0 Å². The first-order chi connectivity index (χ1) is 9.29. The molecule has 1 heterocycles. The van der Waals surface area contributed by atoms with Gasteiger partial charge in [-0.05, 0) is 31.2 Å². The van der Waals surface area contributed by atoms with E-state index in [0.717, 1.165) is 51.4 Å². The summed E-state index contributed by atoms with van der Waals surface area (Å²) in [5.74, 6) is 0. The minimum absolute atomic E-state index is 0.600. The number of nitrogens with one attached hydrogen (secondary N) is 2. The van der Waals surface area contributed by atoms with Crippen molar-refractivity contribution in [3.05, 3.63) is 28.8 Å². The highest BCUT2D eigenvalue weighted by Crippen LogP contribution is 2.19. The fourth-order valence-corrected chi connectivity index (χ4v) is 2.40. The lowest BCUT2D eigenvalue weighted by atomic mass is 10.2. The Morgan fingerprint density at radius 1 is 1.37 bits per heavy atom. The zero-order chi connectivity index (χ0) is 13.5. The highest BCUT2D eigenvalue weighted by Gasteiger charge is 2.08. The fraction of sp³-hybridized carbons (Fsp3) is 0.500. The average Bonchev–Trinajstić information content (AvgIpc) is 2.46. The van der Waals surface area contributed by atoms with E-state index in [1.807, 2.05) is 6.07 Å². The van der Waals surface area contributed by atoms with Gasteiger partial charge in [0.1, 0.15) is 6.07 Å². The van der Waals surface area contributed by atoms with Crippen molar-refractivity contribution in [2.24, 2.45) is 0 Å². The standard InChI is InChI=1S/C14H19ClN4/c15-13-2-3-14(12(10-13)11-16)18-4-1-7-19-8-5-17-6-9-19/h2-3,10,17-18H,1,4-9H2. The van der Waals surface area contributed by atoms with Crippen molar-refractivity contribution in [3.8, 4) is 6.07 Å². The molecule has 0 bridgehead atoms. The number of hydrogen-bond acceptors (Lipinski definition) is 4. The van der Waals surface area contributed by atoms with Crippen molar-refractivity contribution in [2.75, 3.05) is 44.6 Å². The van der Waals surface area contributed by atoms with E-state index in [1.165, 1.54) is 0 Å². The zero-order valence-corrected chi connectivity index (χ0v) is 11.7. The molecule has 1 aromatic carbocycles. The monoisotopic (exact) mass is 278 g/mol. The second kappa shape index (κ2) is 7.34. The molecule has 0 saturated carbocycles. The summed E-state index contributed by atoms with van der Waals surface area (Å²) < 4.78 is 0. The summed E-state index contributed by atoms with van der Waals surface area (Å²) in [5, 5.41) is 16.3. The molecular formula is C14H19ClN4. The van der Waals surface area contributed by atoms with Gasteiger partial charge >= 0.3 is 0 Å². The molecule has 0 aliphatic carbocycles. The van der Waals surface area contributed by atoms with Crippen LogP contribution in [0.2, 0.25) is 5.02 Å². The molecule has 1 aromatic rings. The third kappa shape index (κ3) is 4.39. The van der Waals surface area contributed by atoms with E-state index in [4.69, 9.17) is 16.9 Å². The number of piperazine rings is 1. The molecule has 0 amide bonds. The van der Waals surface area contributed by atoms with E-state index in [2.05, 4.69) is 21.6 Å². The molecule has 0 aromatic heterocycles. The number of benzene rings is 1. The van der Waals surface area contributed by atoms with Gasteiger partial charge in [-0.25, -0.2) is 0 Å². The zero-order valence-electron chi connectivity index (χ0n) is 11.0.